The molecule has 108 valence electrons. The predicted octanol–water partition coefficient (Wildman–Crippen LogP) is 4.03. The van der Waals surface area contributed by atoms with Crippen molar-refractivity contribution < 1.29 is 4.74 Å². The van der Waals surface area contributed by atoms with E-state index in [1.54, 1.807) is 23.1 Å². The monoisotopic (exact) mass is 317 g/mol. The minimum Gasteiger partial charge on any atom is -0.484 e. The Bertz CT molecular complexity index is 758. The number of hydrogen-bond acceptors (Lipinski definition) is 6. The second-order valence-electron chi connectivity index (χ2n) is 4.32. The van der Waals surface area contributed by atoms with Crippen LogP contribution in [0, 0.1) is 0 Å². The van der Waals surface area contributed by atoms with Gasteiger partial charge >= 0.3 is 0 Å². The van der Waals surface area contributed by atoms with Crippen LogP contribution in [0.3, 0.4) is 0 Å². The molecule has 1 aromatic carbocycles. The minimum atomic E-state index is 0.361. The molecular weight excluding hydrogens is 302 g/mol. The lowest BCUT2D eigenvalue weighted by Crippen LogP contribution is -2.04. The third-order valence-electron chi connectivity index (χ3n) is 3.03. The van der Waals surface area contributed by atoms with E-state index in [0.717, 1.165) is 26.7 Å². The first-order chi connectivity index (χ1) is 10.3. The van der Waals surface area contributed by atoms with Gasteiger partial charge in [0.05, 0.1) is 5.39 Å². The standard InChI is InChI=1S/C15H15N3OS2/c1-16-14-10-7-8-21-15(10)18-13(17-14)9-19-11-5-3-4-6-12(11)20-2/h3-8H,9H2,1-2H3,(H,16,17,18). The Kier molecular flexibility index (Phi) is 4.26. The molecule has 0 saturated heterocycles. The van der Waals surface area contributed by atoms with E-state index in [9.17, 15) is 0 Å². The van der Waals surface area contributed by atoms with Crippen molar-refractivity contribution in [2.75, 3.05) is 18.6 Å². The van der Waals surface area contributed by atoms with Crippen LogP contribution in [0.2, 0.25) is 0 Å². The van der Waals surface area contributed by atoms with Gasteiger partial charge in [0.25, 0.3) is 0 Å². The quantitative estimate of drug-likeness (QED) is 0.720. The summed E-state index contributed by atoms with van der Waals surface area (Å²) in [4.78, 5) is 11.2. The number of fused-ring (bicyclic) bond motifs is 1. The molecule has 0 fully saturated rings. The minimum absolute atomic E-state index is 0.361. The number of nitrogens with zero attached hydrogens (tertiary/aromatic N) is 2. The van der Waals surface area contributed by atoms with Crippen LogP contribution in [0.4, 0.5) is 5.82 Å². The highest BCUT2D eigenvalue weighted by Gasteiger charge is 2.09. The van der Waals surface area contributed by atoms with Crippen LogP contribution in [-0.4, -0.2) is 23.3 Å². The molecule has 6 heteroatoms. The summed E-state index contributed by atoms with van der Waals surface area (Å²) in [6.45, 7) is 0.361. The van der Waals surface area contributed by atoms with Crippen molar-refractivity contribution in [3.8, 4) is 5.75 Å². The van der Waals surface area contributed by atoms with Crippen molar-refractivity contribution in [3.63, 3.8) is 0 Å². The lowest BCUT2D eigenvalue weighted by atomic mass is 10.3. The van der Waals surface area contributed by atoms with Crippen molar-refractivity contribution in [1.82, 2.24) is 9.97 Å². The van der Waals surface area contributed by atoms with E-state index in [-0.39, 0.29) is 0 Å². The molecule has 21 heavy (non-hydrogen) atoms. The number of thioether (sulfide) groups is 1. The van der Waals surface area contributed by atoms with Gasteiger partial charge in [-0.3, -0.25) is 0 Å². The zero-order valence-electron chi connectivity index (χ0n) is 11.8. The number of benzene rings is 1. The first-order valence-electron chi connectivity index (χ1n) is 6.49. The zero-order chi connectivity index (χ0) is 14.7. The van der Waals surface area contributed by atoms with Crippen molar-refractivity contribution in [2.45, 2.75) is 11.5 Å². The highest BCUT2D eigenvalue weighted by molar-refractivity contribution is 7.98. The number of anilines is 1. The fourth-order valence-corrected chi connectivity index (χ4v) is 3.36. The Morgan fingerprint density at radius 3 is 2.90 bits per heavy atom. The third-order valence-corrected chi connectivity index (χ3v) is 4.62. The topological polar surface area (TPSA) is 47.0 Å². The summed E-state index contributed by atoms with van der Waals surface area (Å²) in [5.41, 5.74) is 0. The van der Waals surface area contributed by atoms with Crippen LogP contribution >= 0.6 is 23.1 Å². The van der Waals surface area contributed by atoms with Crippen LogP contribution in [0.1, 0.15) is 5.82 Å². The van der Waals surface area contributed by atoms with Gasteiger partial charge in [-0.15, -0.1) is 23.1 Å². The number of rotatable bonds is 5. The SMILES string of the molecule is CNc1nc(COc2ccccc2SC)nc2sccc12. The van der Waals surface area contributed by atoms with Gasteiger partial charge < -0.3 is 10.1 Å². The van der Waals surface area contributed by atoms with Crippen LogP contribution in [0.25, 0.3) is 10.2 Å². The number of ether oxygens (including phenoxy) is 1. The molecule has 2 heterocycles. The van der Waals surface area contributed by atoms with Crippen LogP contribution < -0.4 is 10.1 Å². The third kappa shape index (κ3) is 2.96. The highest BCUT2D eigenvalue weighted by atomic mass is 32.2. The fraction of sp³-hybridized carbons (Fsp3) is 0.200. The molecule has 0 spiro atoms. The summed E-state index contributed by atoms with van der Waals surface area (Å²) >= 11 is 3.28. The van der Waals surface area contributed by atoms with E-state index in [0.29, 0.717) is 12.4 Å². The average Bonchev–Trinajstić information content (AvgIpc) is 3.00. The molecule has 0 atom stereocenters. The van der Waals surface area contributed by atoms with Gasteiger partial charge in [-0.2, -0.15) is 0 Å². The summed E-state index contributed by atoms with van der Waals surface area (Å²) in [5.74, 6) is 2.40. The van der Waals surface area contributed by atoms with Crippen LogP contribution in [0.15, 0.2) is 40.6 Å². The number of nitrogens with one attached hydrogen (secondary N) is 1. The maximum absolute atomic E-state index is 5.87. The lowest BCUT2D eigenvalue weighted by molar-refractivity contribution is 0.289. The molecule has 0 amide bonds. The van der Waals surface area contributed by atoms with E-state index in [2.05, 4.69) is 15.3 Å². The summed E-state index contributed by atoms with van der Waals surface area (Å²) < 4.78 is 5.87. The molecule has 2 aromatic heterocycles. The summed E-state index contributed by atoms with van der Waals surface area (Å²) in [7, 11) is 1.87. The maximum atomic E-state index is 5.87. The lowest BCUT2D eigenvalue weighted by Gasteiger charge is -2.10. The fourth-order valence-electron chi connectivity index (χ4n) is 2.04. The van der Waals surface area contributed by atoms with Crippen LogP contribution in [-0.2, 0) is 6.61 Å². The zero-order valence-corrected chi connectivity index (χ0v) is 13.4. The molecule has 0 radical (unpaired) electrons. The van der Waals surface area contributed by atoms with Crippen LogP contribution in [0.5, 0.6) is 5.75 Å². The van der Waals surface area contributed by atoms with E-state index in [1.165, 1.54) is 0 Å². The Balaban J connectivity index is 1.85. The van der Waals surface area contributed by atoms with E-state index in [1.807, 2.05) is 49.0 Å². The molecule has 0 aliphatic heterocycles. The number of aromatic nitrogens is 2. The first kappa shape index (κ1) is 14.2. The molecule has 0 bridgehead atoms. The molecule has 0 aliphatic carbocycles. The van der Waals surface area contributed by atoms with Gasteiger partial charge in [0.1, 0.15) is 23.0 Å². The maximum Gasteiger partial charge on any atom is 0.169 e. The smallest absolute Gasteiger partial charge is 0.169 e. The molecule has 0 saturated carbocycles. The molecular formula is C15H15N3OS2. The number of para-hydroxylation sites is 1. The van der Waals surface area contributed by atoms with Gasteiger partial charge in [0, 0.05) is 11.9 Å². The first-order valence-corrected chi connectivity index (χ1v) is 8.60. The van der Waals surface area contributed by atoms with Gasteiger partial charge in [0.15, 0.2) is 5.82 Å². The molecule has 0 aliphatic rings. The summed E-state index contributed by atoms with van der Waals surface area (Å²) in [5, 5.41) is 6.19. The second kappa shape index (κ2) is 6.32. The van der Waals surface area contributed by atoms with E-state index in [4.69, 9.17) is 4.74 Å². The van der Waals surface area contributed by atoms with Gasteiger partial charge in [-0.1, -0.05) is 12.1 Å². The van der Waals surface area contributed by atoms with Gasteiger partial charge in [0.2, 0.25) is 0 Å². The Morgan fingerprint density at radius 1 is 1.24 bits per heavy atom. The predicted molar refractivity (Wildman–Crippen MR) is 89.5 cm³/mol. The summed E-state index contributed by atoms with van der Waals surface area (Å²) in [6.07, 6.45) is 2.04. The average molecular weight is 317 g/mol. The Morgan fingerprint density at radius 2 is 2.10 bits per heavy atom. The normalized spacial score (nSPS) is 10.8. The van der Waals surface area contributed by atoms with E-state index < -0.39 is 0 Å². The van der Waals surface area contributed by atoms with Crippen molar-refractivity contribution in [2.24, 2.45) is 0 Å². The van der Waals surface area contributed by atoms with Gasteiger partial charge in [-0.25, -0.2) is 9.97 Å². The van der Waals surface area contributed by atoms with Gasteiger partial charge in [-0.05, 0) is 29.8 Å². The second-order valence-corrected chi connectivity index (χ2v) is 6.06. The molecule has 0 unspecified atom stereocenters. The molecule has 4 nitrogen and oxygen atoms in total. The van der Waals surface area contributed by atoms with Crippen molar-refractivity contribution in [1.29, 1.82) is 0 Å². The Hall–Kier alpha value is -1.79. The van der Waals surface area contributed by atoms with E-state index >= 15 is 0 Å². The highest BCUT2D eigenvalue weighted by Crippen LogP contribution is 2.28. The Labute approximate surface area is 131 Å². The van der Waals surface area contributed by atoms with Crippen molar-refractivity contribution in [3.05, 3.63) is 41.5 Å². The molecule has 3 rings (SSSR count). The molecule has 3 aromatic rings. The number of hydrogen-bond donors (Lipinski definition) is 1. The molecule has 1 N–H and O–H groups in total. The van der Waals surface area contributed by atoms with Crippen molar-refractivity contribution >= 4 is 39.1 Å². The largest absolute Gasteiger partial charge is 0.484 e. The number of thiophene rings is 1. The summed E-state index contributed by atoms with van der Waals surface area (Å²) in [6, 6.07) is 10.0.